The Hall–Kier alpha value is -1.95. The summed E-state index contributed by atoms with van der Waals surface area (Å²) in [6.07, 6.45) is 13.8. The summed E-state index contributed by atoms with van der Waals surface area (Å²) in [4.78, 5) is 13.4. The Morgan fingerprint density at radius 1 is 1.21 bits per heavy atom. The highest BCUT2D eigenvalue weighted by molar-refractivity contribution is 5.69. The molecule has 6 nitrogen and oxygen atoms in total. The van der Waals surface area contributed by atoms with Crippen LogP contribution in [0.5, 0.6) is 0 Å². The van der Waals surface area contributed by atoms with Crippen molar-refractivity contribution < 1.29 is 5.11 Å². The van der Waals surface area contributed by atoms with Crippen LogP contribution in [-0.4, -0.2) is 36.9 Å². The molecule has 1 N–H and O–H groups in total. The summed E-state index contributed by atoms with van der Waals surface area (Å²) in [6, 6.07) is 0. The van der Waals surface area contributed by atoms with Crippen molar-refractivity contribution in [2.75, 3.05) is 7.05 Å². The zero-order valence-electron chi connectivity index (χ0n) is 21.7. The fourth-order valence-corrected chi connectivity index (χ4v) is 6.83. The first-order chi connectivity index (χ1) is 15.5. The van der Waals surface area contributed by atoms with E-state index < -0.39 is 5.60 Å². The second-order valence-electron chi connectivity index (χ2n) is 11.7. The molecule has 2 saturated carbocycles. The van der Waals surface area contributed by atoms with Crippen molar-refractivity contribution in [3.05, 3.63) is 29.8 Å². The predicted molar refractivity (Wildman–Crippen MR) is 134 cm³/mol. The molecule has 182 valence electrons. The van der Waals surface area contributed by atoms with E-state index in [1.165, 1.54) is 12.0 Å². The second-order valence-corrected chi connectivity index (χ2v) is 11.7. The number of hydrogen-bond donors (Lipinski definition) is 1. The van der Waals surface area contributed by atoms with Gasteiger partial charge in [-0.1, -0.05) is 45.8 Å². The number of aliphatic hydroxyl groups is 1. The topological polar surface area (TPSA) is 68.2 Å². The molecule has 4 rings (SSSR count). The fourth-order valence-electron chi connectivity index (χ4n) is 6.83. The summed E-state index contributed by atoms with van der Waals surface area (Å²) in [7, 11) is 3.74. The van der Waals surface area contributed by atoms with Crippen molar-refractivity contribution >= 4 is 11.2 Å². The molecule has 2 heterocycles. The van der Waals surface area contributed by atoms with Crippen LogP contribution in [0.25, 0.3) is 11.2 Å². The Labute approximate surface area is 198 Å². The lowest BCUT2D eigenvalue weighted by Gasteiger charge is -2.62. The molecule has 2 aromatic heterocycles. The molecule has 0 spiro atoms. The summed E-state index contributed by atoms with van der Waals surface area (Å²) in [5.74, 6) is 1.03. The lowest BCUT2D eigenvalue weighted by Crippen LogP contribution is -2.62. The predicted octanol–water partition coefficient (Wildman–Crippen LogP) is 5.02. The first-order valence-electron chi connectivity index (χ1n) is 12.7. The number of fused-ring (bicyclic) bond motifs is 2. The van der Waals surface area contributed by atoms with Crippen molar-refractivity contribution in [3.63, 3.8) is 0 Å². The van der Waals surface area contributed by atoms with E-state index in [4.69, 9.17) is 0 Å². The summed E-state index contributed by atoms with van der Waals surface area (Å²) in [5.41, 5.74) is 3.67. The van der Waals surface area contributed by atoms with Crippen molar-refractivity contribution in [2.45, 2.75) is 91.7 Å². The molecule has 2 aliphatic rings. The number of imidazole rings is 1. The number of aromatic nitrogens is 4. The molecular weight excluding hydrogens is 410 g/mol. The van der Waals surface area contributed by atoms with Crippen LogP contribution in [0, 0.1) is 22.7 Å². The molecular formula is C27H43N5O. The van der Waals surface area contributed by atoms with Gasteiger partial charge in [0, 0.05) is 20.6 Å². The molecule has 0 aromatic carbocycles. The van der Waals surface area contributed by atoms with Gasteiger partial charge in [0.15, 0.2) is 11.1 Å². The second kappa shape index (κ2) is 8.68. The summed E-state index contributed by atoms with van der Waals surface area (Å²) in [5, 5.41) is 11.9. The van der Waals surface area contributed by atoms with Gasteiger partial charge in [-0.25, -0.2) is 9.97 Å². The monoisotopic (exact) mass is 453 g/mol. The van der Waals surface area contributed by atoms with Gasteiger partial charge in [0.05, 0.1) is 18.3 Å². The van der Waals surface area contributed by atoms with Gasteiger partial charge in [0.25, 0.3) is 0 Å². The fraction of sp³-hybridized carbons (Fsp3) is 0.741. The maximum atomic E-state index is 11.9. The highest BCUT2D eigenvalue weighted by Crippen LogP contribution is 2.62. The SMILES string of the molecule is CN=c1ncn(C)c2ncn(C/C=C(\C)CC[C@]3(C)C4CCCC(C)(C)[C@]4(O)CC[C@H]3C)c12. The first kappa shape index (κ1) is 24.2. The normalized spacial score (nSPS) is 32.8. The number of allylic oxidation sites excluding steroid dienone is 2. The molecule has 4 atom stereocenters. The molecule has 0 radical (unpaired) electrons. The van der Waals surface area contributed by atoms with Crippen LogP contribution in [0.15, 0.2) is 29.3 Å². The number of nitrogens with zero attached hydrogens (tertiary/aromatic N) is 5. The summed E-state index contributed by atoms with van der Waals surface area (Å²) in [6.45, 7) is 12.5. The van der Waals surface area contributed by atoms with E-state index in [0.29, 0.717) is 11.8 Å². The third kappa shape index (κ3) is 3.98. The molecule has 1 unspecified atom stereocenters. The van der Waals surface area contributed by atoms with E-state index in [0.717, 1.165) is 61.7 Å². The molecule has 0 saturated heterocycles. The van der Waals surface area contributed by atoms with Gasteiger partial charge in [-0.2, -0.15) is 0 Å². The van der Waals surface area contributed by atoms with Gasteiger partial charge >= 0.3 is 0 Å². The maximum Gasteiger partial charge on any atom is 0.176 e. The Balaban J connectivity index is 1.52. The van der Waals surface area contributed by atoms with Gasteiger partial charge in [-0.05, 0) is 68.1 Å². The number of aryl methyl sites for hydroxylation is 1. The minimum Gasteiger partial charge on any atom is -0.389 e. The Morgan fingerprint density at radius 3 is 2.70 bits per heavy atom. The van der Waals surface area contributed by atoms with Crippen molar-refractivity contribution in [1.29, 1.82) is 0 Å². The van der Waals surface area contributed by atoms with Gasteiger partial charge in [-0.3, -0.25) is 4.99 Å². The van der Waals surface area contributed by atoms with Gasteiger partial charge in [0.2, 0.25) is 0 Å². The highest BCUT2D eigenvalue weighted by Gasteiger charge is 2.60. The van der Waals surface area contributed by atoms with Crippen LogP contribution < -0.4 is 5.49 Å². The zero-order valence-corrected chi connectivity index (χ0v) is 21.7. The van der Waals surface area contributed by atoms with Crippen molar-refractivity contribution in [3.8, 4) is 0 Å². The van der Waals surface area contributed by atoms with Crippen LogP contribution >= 0.6 is 0 Å². The third-order valence-electron chi connectivity index (χ3n) is 9.55. The number of rotatable bonds is 5. The lowest BCUT2D eigenvalue weighted by molar-refractivity contribution is -0.212. The van der Waals surface area contributed by atoms with Gasteiger partial charge in [0.1, 0.15) is 5.52 Å². The van der Waals surface area contributed by atoms with Crippen LogP contribution in [0.1, 0.15) is 79.6 Å². The molecule has 2 aromatic rings. The Morgan fingerprint density at radius 2 is 1.97 bits per heavy atom. The minimum absolute atomic E-state index is 0.0108. The van der Waals surface area contributed by atoms with E-state index in [1.807, 2.05) is 17.9 Å². The zero-order chi connectivity index (χ0) is 24.0. The van der Waals surface area contributed by atoms with E-state index in [2.05, 4.69) is 60.2 Å². The van der Waals surface area contributed by atoms with E-state index in [-0.39, 0.29) is 10.8 Å². The smallest absolute Gasteiger partial charge is 0.176 e. The first-order valence-corrected chi connectivity index (χ1v) is 12.7. The van der Waals surface area contributed by atoms with E-state index in [1.54, 1.807) is 13.4 Å². The summed E-state index contributed by atoms with van der Waals surface area (Å²) >= 11 is 0. The van der Waals surface area contributed by atoms with Crippen LogP contribution in [0.2, 0.25) is 0 Å². The Bertz CT molecular complexity index is 1110. The molecule has 0 bridgehead atoms. The van der Waals surface area contributed by atoms with Crippen LogP contribution in [-0.2, 0) is 13.6 Å². The molecule has 2 fully saturated rings. The number of hydrogen-bond acceptors (Lipinski definition) is 4. The maximum absolute atomic E-state index is 11.9. The summed E-state index contributed by atoms with van der Waals surface area (Å²) < 4.78 is 4.08. The Kier molecular flexibility index (Phi) is 6.36. The largest absolute Gasteiger partial charge is 0.389 e. The third-order valence-corrected chi connectivity index (χ3v) is 9.55. The van der Waals surface area contributed by atoms with Crippen LogP contribution in [0.3, 0.4) is 0 Å². The van der Waals surface area contributed by atoms with Gasteiger partial charge < -0.3 is 14.2 Å². The van der Waals surface area contributed by atoms with Crippen LogP contribution in [0.4, 0.5) is 0 Å². The van der Waals surface area contributed by atoms with Gasteiger partial charge in [-0.15, -0.1) is 0 Å². The average molecular weight is 454 g/mol. The van der Waals surface area contributed by atoms with Crippen molar-refractivity contribution in [1.82, 2.24) is 19.1 Å². The highest BCUT2D eigenvalue weighted by atomic mass is 16.3. The van der Waals surface area contributed by atoms with E-state index >= 15 is 0 Å². The lowest BCUT2D eigenvalue weighted by atomic mass is 9.45. The minimum atomic E-state index is -0.525. The molecule has 33 heavy (non-hydrogen) atoms. The molecule has 0 aliphatic heterocycles. The van der Waals surface area contributed by atoms with E-state index in [9.17, 15) is 5.11 Å². The van der Waals surface area contributed by atoms with Crippen molar-refractivity contribution in [2.24, 2.45) is 34.7 Å². The quantitative estimate of drug-likeness (QED) is 0.646. The molecule has 2 aliphatic carbocycles. The molecule has 6 heteroatoms. The average Bonchev–Trinajstić information content (AvgIpc) is 3.21. The molecule has 0 amide bonds. The standard InChI is InChI=1S/C27H43N5O/c1-19(12-16-32-18-30-24-22(32)23(28-6)29-17-31(24)7)10-14-26(5)20(2)11-15-27(33)21(26)9-8-13-25(27,3)4/h12,17-18,20-21,33H,8-11,13-16H2,1-7H3/b19-12+,28-23?/t20-,21?,26+,27+/m1/s1.